The number of H-pyrrole nitrogens is 1. The number of nitrogens with one attached hydrogen (secondary N) is 2. The van der Waals surface area contributed by atoms with E-state index in [0.717, 1.165) is 40.4 Å². The molecular formula is C31H35N3O3. The van der Waals surface area contributed by atoms with Crippen molar-refractivity contribution in [2.24, 2.45) is 5.92 Å². The monoisotopic (exact) mass is 497 g/mol. The highest BCUT2D eigenvalue weighted by molar-refractivity contribution is 6.10. The van der Waals surface area contributed by atoms with Gasteiger partial charge in [0.1, 0.15) is 24.6 Å². The van der Waals surface area contributed by atoms with Crippen molar-refractivity contribution in [3.8, 4) is 11.6 Å². The third kappa shape index (κ3) is 6.21. The Kier molecular flexibility index (Phi) is 7.87. The maximum atomic E-state index is 10.6. The van der Waals surface area contributed by atoms with Crippen molar-refractivity contribution in [1.82, 2.24) is 15.3 Å². The van der Waals surface area contributed by atoms with E-state index >= 15 is 0 Å². The van der Waals surface area contributed by atoms with Crippen molar-refractivity contribution in [3.05, 3.63) is 90.7 Å². The van der Waals surface area contributed by atoms with Crippen LogP contribution in [-0.2, 0) is 0 Å². The van der Waals surface area contributed by atoms with Crippen molar-refractivity contribution < 1.29 is 14.6 Å². The Bertz CT molecular complexity index is 1380. The molecule has 0 spiro atoms. The normalized spacial score (nSPS) is 17.9. The number of allylic oxidation sites excluding steroid dienone is 2. The van der Waals surface area contributed by atoms with E-state index in [4.69, 9.17) is 9.47 Å². The van der Waals surface area contributed by atoms with Gasteiger partial charge >= 0.3 is 0 Å². The zero-order valence-electron chi connectivity index (χ0n) is 21.4. The van der Waals surface area contributed by atoms with Crippen LogP contribution in [0.25, 0.3) is 21.8 Å². The van der Waals surface area contributed by atoms with Gasteiger partial charge in [-0.25, -0.2) is 4.98 Å². The first kappa shape index (κ1) is 25.1. The van der Waals surface area contributed by atoms with E-state index in [1.807, 2.05) is 48.5 Å². The smallest absolute Gasteiger partial charge is 0.213 e. The van der Waals surface area contributed by atoms with E-state index in [1.54, 1.807) is 6.20 Å². The maximum Gasteiger partial charge on any atom is 0.213 e. The van der Waals surface area contributed by atoms with Crippen LogP contribution >= 0.6 is 0 Å². The Morgan fingerprint density at radius 1 is 1.05 bits per heavy atom. The van der Waals surface area contributed by atoms with Crippen LogP contribution in [0, 0.1) is 5.92 Å². The van der Waals surface area contributed by atoms with Crippen LogP contribution in [0.4, 0.5) is 0 Å². The summed E-state index contributed by atoms with van der Waals surface area (Å²) in [5, 5.41) is 16.3. The summed E-state index contributed by atoms with van der Waals surface area (Å²) >= 11 is 0. The zero-order chi connectivity index (χ0) is 25.6. The molecule has 6 nitrogen and oxygen atoms in total. The topological polar surface area (TPSA) is 79.4 Å². The van der Waals surface area contributed by atoms with Crippen LogP contribution < -0.4 is 14.8 Å². The predicted molar refractivity (Wildman–Crippen MR) is 149 cm³/mol. The molecule has 2 aromatic heterocycles. The number of aliphatic hydroxyl groups excluding tert-OH is 1. The molecule has 4 aromatic rings. The van der Waals surface area contributed by atoms with Gasteiger partial charge in [-0.1, -0.05) is 55.0 Å². The lowest BCUT2D eigenvalue weighted by atomic mass is 9.91. The van der Waals surface area contributed by atoms with Crippen LogP contribution in [-0.4, -0.2) is 46.5 Å². The molecule has 1 aliphatic carbocycles. The van der Waals surface area contributed by atoms with E-state index in [2.05, 4.69) is 59.5 Å². The highest BCUT2D eigenvalue weighted by Gasteiger charge is 2.18. The van der Waals surface area contributed by atoms with Gasteiger partial charge in [0.05, 0.1) is 5.52 Å². The summed E-state index contributed by atoms with van der Waals surface area (Å²) in [5.74, 6) is 1.86. The molecule has 0 saturated heterocycles. The Balaban J connectivity index is 1.07. The highest BCUT2D eigenvalue weighted by atomic mass is 16.5. The van der Waals surface area contributed by atoms with E-state index < -0.39 is 6.10 Å². The number of hydrogen-bond acceptors (Lipinski definition) is 5. The maximum absolute atomic E-state index is 10.6. The summed E-state index contributed by atoms with van der Waals surface area (Å²) in [6, 6.07) is 20.1. The van der Waals surface area contributed by atoms with Crippen LogP contribution in [0.3, 0.4) is 0 Å². The van der Waals surface area contributed by atoms with Crippen molar-refractivity contribution >= 4 is 21.8 Å². The number of nitrogens with zero attached hydrogens (tertiary/aromatic N) is 1. The van der Waals surface area contributed by atoms with E-state index in [9.17, 15) is 5.11 Å². The Morgan fingerprint density at radius 2 is 1.89 bits per heavy atom. The average Bonchev–Trinajstić information content (AvgIpc) is 3.31. The molecule has 5 rings (SSSR count). The third-order valence-electron chi connectivity index (χ3n) is 7.06. The van der Waals surface area contributed by atoms with Crippen LogP contribution in [0.1, 0.15) is 26.7 Å². The van der Waals surface area contributed by atoms with Gasteiger partial charge in [-0.05, 0) is 49.6 Å². The SMILES string of the molecule is C[C@@H](CC1=CCC(Oc2ccccn2)C=C1)[C@@H](C)NC[C@H](O)COc1cccc2[nH]c3ccccc3c12. The molecule has 0 amide bonds. The minimum atomic E-state index is -0.603. The minimum Gasteiger partial charge on any atom is -0.490 e. The van der Waals surface area contributed by atoms with Crippen molar-refractivity contribution in [3.63, 3.8) is 0 Å². The fourth-order valence-corrected chi connectivity index (χ4v) is 4.76. The Labute approximate surface area is 218 Å². The van der Waals surface area contributed by atoms with Crippen LogP contribution in [0.2, 0.25) is 0 Å². The van der Waals surface area contributed by atoms with Crippen molar-refractivity contribution in [2.75, 3.05) is 13.2 Å². The van der Waals surface area contributed by atoms with Crippen molar-refractivity contribution in [1.29, 1.82) is 0 Å². The summed E-state index contributed by atoms with van der Waals surface area (Å²) < 4.78 is 12.0. The number of aliphatic hydroxyl groups is 1. The first-order valence-electron chi connectivity index (χ1n) is 13.1. The molecule has 1 aliphatic rings. The summed E-state index contributed by atoms with van der Waals surface area (Å²) in [6.07, 6.45) is 9.50. The second kappa shape index (κ2) is 11.6. The number of aromatic amines is 1. The van der Waals surface area contributed by atoms with Crippen LogP contribution in [0.15, 0.2) is 90.7 Å². The molecule has 0 aliphatic heterocycles. The second-order valence-electron chi connectivity index (χ2n) is 9.89. The van der Waals surface area contributed by atoms with E-state index in [1.165, 1.54) is 5.57 Å². The lowest BCUT2D eigenvalue weighted by Crippen LogP contribution is -2.39. The van der Waals surface area contributed by atoms with Gasteiger partial charge in [-0.15, -0.1) is 0 Å². The Hall–Kier alpha value is -3.61. The average molecular weight is 498 g/mol. The summed E-state index contributed by atoms with van der Waals surface area (Å²) in [7, 11) is 0. The van der Waals surface area contributed by atoms with Gasteiger partial charge in [-0.2, -0.15) is 0 Å². The van der Waals surface area contributed by atoms with E-state index in [0.29, 0.717) is 18.3 Å². The Morgan fingerprint density at radius 3 is 2.70 bits per heavy atom. The molecule has 0 radical (unpaired) electrons. The number of fused-ring (bicyclic) bond motifs is 3. The number of rotatable bonds is 11. The number of para-hydroxylation sites is 1. The van der Waals surface area contributed by atoms with E-state index in [-0.39, 0.29) is 18.8 Å². The lowest BCUT2D eigenvalue weighted by molar-refractivity contribution is 0.103. The number of ether oxygens (including phenoxy) is 2. The van der Waals surface area contributed by atoms with Gasteiger partial charge in [-0.3, -0.25) is 0 Å². The van der Waals surface area contributed by atoms with Gasteiger partial charge in [0.25, 0.3) is 0 Å². The van der Waals surface area contributed by atoms with Gasteiger partial charge < -0.3 is 24.9 Å². The molecule has 0 fully saturated rings. The minimum absolute atomic E-state index is 0.0229. The van der Waals surface area contributed by atoms with Crippen molar-refractivity contribution in [2.45, 2.75) is 44.9 Å². The molecule has 2 aromatic carbocycles. The number of benzene rings is 2. The molecular weight excluding hydrogens is 462 g/mol. The number of pyridine rings is 1. The van der Waals surface area contributed by atoms with Gasteiger partial charge in [0.15, 0.2) is 0 Å². The largest absolute Gasteiger partial charge is 0.490 e. The highest BCUT2D eigenvalue weighted by Crippen LogP contribution is 2.33. The predicted octanol–water partition coefficient (Wildman–Crippen LogP) is 5.79. The first-order valence-corrected chi connectivity index (χ1v) is 13.1. The first-order chi connectivity index (χ1) is 18.1. The van der Waals surface area contributed by atoms with Gasteiger partial charge in [0, 0.05) is 47.6 Å². The summed E-state index contributed by atoms with van der Waals surface area (Å²) in [4.78, 5) is 7.67. The number of aromatic nitrogens is 2. The molecule has 2 heterocycles. The van der Waals surface area contributed by atoms with Gasteiger partial charge in [0.2, 0.25) is 5.88 Å². The fourth-order valence-electron chi connectivity index (χ4n) is 4.76. The van der Waals surface area contributed by atoms with Crippen LogP contribution in [0.5, 0.6) is 11.6 Å². The summed E-state index contributed by atoms with van der Waals surface area (Å²) in [6.45, 7) is 5.12. The standard InChI is InChI=1S/C31H35N3O3/c1-21(18-23-13-15-25(16-14-23)37-30-12-5-6-17-32-30)22(2)33-19-24(35)20-36-29-11-7-10-28-31(29)26-8-3-4-9-27(26)34-28/h3-15,17,21-22,24-25,33-35H,16,18-20H2,1-2H3/t21-,22+,24-,25?/m0/s1. The molecule has 1 unspecified atom stereocenters. The molecule has 3 N–H and O–H groups in total. The fraction of sp³-hybridized carbons (Fsp3) is 0.323. The molecule has 6 heteroatoms. The third-order valence-corrected chi connectivity index (χ3v) is 7.06. The molecule has 4 atom stereocenters. The molecule has 192 valence electrons. The molecule has 0 bridgehead atoms. The second-order valence-corrected chi connectivity index (χ2v) is 9.89. The quantitative estimate of drug-likeness (QED) is 0.244. The number of hydrogen-bond donors (Lipinski definition) is 3. The molecule has 37 heavy (non-hydrogen) atoms. The summed E-state index contributed by atoms with van der Waals surface area (Å²) in [5.41, 5.74) is 3.44. The lowest BCUT2D eigenvalue weighted by Gasteiger charge is -2.25. The zero-order valence-corrected chi connectivity index (χ0v) is 21.4. The molecule has 0 saturated carbocycles.